The van der Waals surface area contributed by atoms with Crippen molar-refractivity contribution >= 4 is 10.0 Å². The molecule has 1 aromatic rings. The Bertz CT molecular complexity index is 548. The average Bonchev–Trinajstić information content (AvgIpc) is 2.47. The van der Waals surface area contributed by atoms with Gasteiger partial charge >= 0.3 is 0 Å². The van der Waals surface area contributed by atoms with Crippen molar-refractivity contribution < 1.29 is 18.3 Å². The molecule has 0 bridgehead atoms. The summed E-state index contributed by atoms with van der Waals surface area (Å²) in [4.78, 5) is 0.0992. The van der Waals surface area contributed by atoms with Gasteiger partial charge in [0.05, 0.1) is 11.0 Å². The van der Waals surface area contributed by atoms with Gasteiger partial charge < -0.3 is 15.2 Å². The predicted molar refractivity (Wildman–Crippen MR) is 86.0 cm³/mol. The summed E-state index contributed by atoms with van der Waals surface area (Å²) in [5.41, 5.74) is 0.839. The fraction of sp³-hybridized carbons (Fsp3) is 0.600. The maximum Gasteiger partial charge on any atom is 0.238 e. The Hall–Kier alpha value is -0.990. The van der Waals surface area contributed by atoms with Gasteiger partial charge in [-0.2, -0.15) is 0 Å². The van der Waals surface area contributed by atoms with E-state index in [-0.39, 0.29) is 10.9 Å². The molecular formula is C15H26N2O4S. The first-order valence-electron chi connectivity index (χ1n) is 7.50. The zero-order valence-corrected chi connectivity index (χ0v) is 14.0. The molecule has 0 saturated carbocycles. The first kappa shape index (κ1) is 19.1. The van der Waals surface area contributed by atoms with Crippen LogP contribution in [-0.2, 0) is 14.8 Å². The monoisotopic (exact) mass is 330 g/mol. The second-order valence-corrected chi connectivity index (χ2v) is 6.69. The third-order valence-corrected chi connectivity index (χ3v) is 4.31. The van der Waals surface area contributed by atoms with E-state index in [0.29, 0.717) is 26.2 Å². The quantitative estimate of drug-likeness (QED) is 0.559. The number of aliphatic hydroxyl groups is 1. The fourth-order valence-corrected chi connectivity index (χ4v) is 2.72. The molecule has 0 aliphatic rings. The third-order valence-electron chi connectivity index (χ3n) is 3.40. The summed E-state index contributed by atoms with van der Waals surface area (Å²) in [5, 5.41) is 18.3. The van der Waals surface area contributed by atoms with Crippen LogP contribution in [0.2, 0.25) is 0 Å². The number of hydrogen-bond acceptors (Lipinski definition) is 5. The van der Waals surface area contributed by atoms with Gasteiger partial charge in [-0.1, -0.05) is 19.1 Å². The number of primary sulfonamides is 1. The van der Waals surface area contributed by atoms with E-state index >= 15 is 0 Å². The highest BCUT2D eigenvalue weighted by atomic mass is 32.2. The van der Waals surface area contributed by atoms with Crippen LogP contribution in [0.15, 0.2) is 29.2 Å². The maximum atomic E-state index is 11.4. The van der Waals surface area contributed by atoms with Crippen molar-refractivity contribution in [3.8, 4) is 0 Å². The van der Waals surface area contributed by atoms with E-state index in [2.05, 4.69) is 5.32 Å². The second kappa shape index (κ2) is 9.22. The van der Waals surface area contributed by atoms with Crippen LogP contribution in [0.1, 0.15) is 38.3 Å². The van der Waals surface area contributed by atoms with Crippen LogP contribution in [-0.4, -0.2) is 39.4 Å². The number of aliphatic hydroxyl groups excluding tert-OH is 1. The zero-order valence-electron chi connectivity index (χ0n) is 13.2. The molecule has 126 valence electrons. The molecule has 7 heteroatoms. The van der Waals surface area contributed by atoms with Gasteiger partial charge in [-0.15, -0.1) is 0 Å². The van der Waals surface area contributed by atoms with E-state index in [1.165, 1.54) is 6.07 Å². The van der Waals surface area contributed by atoms with Crippen molar-refractivity contribution in [3.63, 3.8) is 0 Å². The standard InChI is InChI=1S/C15H26N2O4S/c1-3-15(17-11-13(18)8-9-21-4-2)12-6-5-7-14(10-12)22(16,19)20/h5-7,10,13,15,17-18H,3-4,8-9,11H2,1-2H3,(H2,16,19,20)/t13-,15-/m1/s1. The smallest absolute Gasteiger partial charge is 0.238 e. The summed E-state index contributed by atoms with van der Waals surface area (Å²) < 4.78 is 28.0. The van der Waals surface area contributed by atoms with Crippen LogP contribution in [0.25, 0.3) is 0 Å². The first-order chi connectivity index (χ1) is 10.4. The highest BCUT2D eigenvalue weighted by Gasteiger charge is 2.14. The molecule has 1 aromatic carbocycles. The Morgan fingerprint density at radius 3 is 2.68 bits per heavy atom. The molecular weight excluding hydrogens is 304 g/mol. The number of benzene rings is 1. The van der Waals surface area contributed by atoms with Gasteiger partial charge in [-0.05, 0) is 37.5 Å². The topological polar surface area (TPSA) is 102 Å². The van der Waals surface area contributed by atoms with E-state index in [1.54, 1.807) is 12.1 Å². The van der Waals surface area contributed by atoms with Crippen LogP contribution in [0, 0.1) is 0 Å². The summed E-state index contributed by atoms with van der Waals surface area (Å²) in [6, 6.07) is 6.53. The number of nitrogens with one attached hydrogen (secondary N) is 1. The minimum atomic E-state index is -3.71. The van der Waals surface area contributed by atoms with Crippen LogP contribution >= 0.6 is 0 Å². The molecule has 0 aromatic heterocycles. The van der Waals surface area contributed by atoms with Crippen molar-refractivity contribution in [2.45, 2.75) is 43.7 Å². The lowest BCUT2D eigenvalue weighted by molar-refractivity contribution is 0.0865. The Kier molecular flexibility index (Phi) is 7.98. The maximum absolute atomic E-state index is 11.4. The van der Waals surface area contributed by atoms with Gasteiger partial charge in [0.1, 0.15) is 0 Å². The van der Waals surface area contributed by atoms with Crippen molar-refractivity contribution in [3.05, 3.63) is 29.8 Å². The Labute approximate surface area is 132 Å². The summed E-state index contributed by atoms with van der Waals surface area (Å²) in [6.45, 7) is 5.49. The molecule has 0 unspecified atom stereocenters. The van der Waals surface area contributed by atoms with Crippen LogP contribution in [0.5, 0.6) is 0 Å². The van der Waals surface area contributed by atoms with Gasteiger partial charge in [0.25, 0.3) is 0 Å². The fourth-order valence-electron chi connectivity index (χ4n) is 2.15. The van der Waals surface area contributed by atoms with E-state index in [9.17, 15) is 13.5 Å². The lowest BCUT2D eigenvalue weighted by Crippen LogP contribution is -2.31. The van der Waals surface area contributed by atoms with Gasteiger partial charge in [-0.3, -0.25) is 0 Å². The molecule has 6 nitrogen and oxygen atoms in total. The van der Waals surface area contributed by atoms with Crippen molar-refractivity contribution in [1.29, 1.82) is 0 Å². The van der Waals surface area contributed by atoms with Gasteiger partial charge in [0, 0.05) is 25.8 Å². The summed E-state index contributed by atoms with van der Waals surface area (Å²) in [5.74, 6) is 0. The number of nitrogens with two attached hydrogens (primary N) is 1. The number of rotatable bonds is 10. The molecule has 2 atom stereocenters. The number of hydrogen-bond donors (Lipinski definition) is 3. The van der Waals surface area contributed by atoms with E-state index in [4.69, 9.17) is 9.88 Å². The minimum absolute atomic E-state index is 0.0385. The minimum Gasteiger partial charge on any atom is -0.392 e. The van der Waals surface area contributed by atoms with E-state index in [0.717, 1.165) is 12.0 Å². The van der Waals surface area contributed by atoms with Gasteiger partial charge in [-0.25, -0.2) is 13.6 Å². The third kappa shape index (κ3) is 6.41. The molecule has 1 rings (SSSR count). The van der Waals surface area contributed by atoms with Crippen LogP contribution < -0.4 is 10.5 Å². The lowest BCUT2D eigenvalue weighted by atomic mass is 10.0. The van der Waals surface area contributed by atoms with Crippen molar-refractivity contribution in [2.75, 3.05) is 19.8 Å². The molecule has 0 heterocycles. The molecule has 0 radical (unpaired) electrons. The number of ether oxygens (including phenoxy) is 1. The van der Waals surface area contributed by atoms with Gasteiger partial charge in [0.15, 0.2) is 0 Å². The summed E-state index contributed by atoms with van der Waals surface area (Å²) in [6.07, 6.45) is 0.836. The van der Waals surface area contributed by atoms with Crippen molar-refractivity contribution in [1.82, 2.24) is 5.32 Å². The molecule has 0 aliphatic heterocycles. The molecule has 22 heavy (non-hydrogen) atoms. The number of sulfonamides is 1. The molecule has 0 spiro atoms. The second-order valence-electron chi connectivity index (χ2n) is 5.13. The SMILES string of the molecule is CCOCC[C@@H](O)CN[C@H](CC)c1cccc(S(N)(=O)=O)c1. The summed E-state index contributed by atoms with van der Waals surface area (Å²) >= 11 is 0. The zero-order chi connectivity index (χ0) is 16.6. The largest absolute Gasteiger partial charge is 0.392 e. The highest BCUT2D eigenvalue weighted by molar-refractivity contribution is 7.89. The van der Waals surface area contributed by atoms with Crippen molar-refractivity contribution in [2.24, 2.45) is 5.14 Å². The van der Waals surface area contributed by atoms with Crippen LogP contribution in [0.4, 0.5) is 0 Å². The van der Waals surface area contributed by atoms with E-state index in [1.807, 2.05) is 19.9 Å². The van der Waals surface area contributed by atoms with E-state index < -0.39 is 16.1 Å². The molecule has 0 saturated heterocycles. The molecule has 0 amide bonds. The molecule has 0 fully saturated rings. The lowest BCUT2D eigenvalue weighted by Gasteiger charge is -2.20. The predicted octanol–water partition coefficient (Wildman–Crippen LogP) is 1.16. The molecule has 4 N–H and O–H groups in total. The Balaban J connectivity index is 2.64. The average molecular weight is 330 g/mol. The first-order valence-corrected chi connectivity index (χ1v) is 9.05. The van der Waals surface area contributed by atoms with Crippen LogP contribution in [0.3, 0.4) is 0 Å². The summed E-state index contributed by atoms with van der Waals surface area (Å²) in [7, 11) is -3.71. The Morgan fingerprint density at radius 1 is 1.36 bits per heavy atom. The van der Waals surface area contributed by atoms with Gasteiger partial charge in [0.2, 0.25) is 10.0 Å². The Morgan fingerprint density at radius 2 is 2.09 bits per heavy atom. The normalized spacial score (nSPS) is 14.7. The highest BCUT2D eigenvalue weighted by Crippen LogP contribution is 2.19. The molecule has 0 aliphatic carbocycles.